The van der Waals surface area contributed by atoms with Crippen LogP contribution in [0.15, 0.2) is 66.3 Å². The number of thiophene rings is 1. The number of hydrogen-bond donors (Lipinski definition) is 1. The molecule has 0 saturated carbocycles. The minimum Gasteiger partial charge on any atom is -0.497 e. The molecule has 1 N–H and O–H groups in total. The lowest BCUT2D eigenvalue weighted by Gasteiger charge is -2.25. The van der Waals surface area contributed by atoms with Gasteiger partial charge in [-0.05, 0) is 37.4 Å². The largest absolute Gasteiger partial charge is 0.497 e. The number of aromatic nitrogens is 2. The fraction of sp³-hybridized carbons (Fsp3) is 0.217. The SMILES string of the molecule is COc1ccc(-c2csc3ncnc(NCC(c4ccccc4)N(C)C)c23)cc1. The zero-order chi connectivity index (χ0) is 20.2. The van der Waals surface area contributed by atoms with E-state index >= 15 is 0 Å². The zero-order valence-electron chi connectivity index (χ0n) is 16.8. The van der Waals surface area contributed by atoms with Crippen LogP contribution in [0.3, 0.4) is 0 Å². The molecule has 0 bridgehead atoms. The maximum Gasteiger partial charge on any atom is 0.138 e. The molecule has 2 aromatic heterocycles. The average Bonchev–Trinajstić information content (AvgIpc) is 3.19. The summed E-state index contributed by atoms with van der Waals surface area (Å²) in [4.78, 5) is 12.2. The second kappa shape index (κ2) is 8.59. The second-order valence-corrected chi connectivity index (χ2v) is 7.91. The Kier molecular flexibility index (Phi) is 5.74. The summed E-state index contributed by atoms with van der Waals surface area (Å²) in [5.74, 6) is 1.71. The van der Waals surface area contributed by atoms with Gasteiger partial charge in [0.2, 0.25) is 0 Å². The summed E-state index contributed by atoms with van der Waals surface area (Å²) in [6.07, 6.45) is 1.63. The standard InChI is InChI=1S/C23H24N4OS/c1-27(2)20(17-7-5-4-6-8-17)13-24-22-21-19(14-29-23(21)26-15-25-22)16-9-11-18(28-3)12-10-16/h4-12,14-15,20H,13H2,1-3H3,(H,24,25,26). The van der Waals surface area contributed by atoms with E-state index in [-0.39, 0.29) is 6.04 Å². The first kappa shape index (κ1) is 19.4. The highest BCUT2D eigenvalue weighted by molar-refractivity contribution is 7.17. The van der Waals surface area contributed by atoms with Gasteiger partial charge >= 0.3 is 0 Å². The van der Waals surface area contributed by atoms with Crippen LogP contribution in [-0.2, 0) is 0 Å². The van der Waals surface area contributed by atoms with E-state index in [1.165, 1.54) is 5.56 Å². The number of rotatable bonds is 7. The van der Waals surface area contributed by atoms with Crippen molar-refractivity contribution >= 4 is 27.4 Å². The van der Waals surface area contributed by atoms with Gasteiger partial charge in [0, 0.05) is 17.5 Å². The van der Waals surface area contributed by atoms with E-state index in [4.69, 9.17) is 4.74 Å². The Hall–Kier alpha value is -2.96. The highest BCUT2D eigenvalue weighted by atomic mass is 32.1. The van der Waals surface area contributed by atoms with Gasteiger partial charge in [-0.1, -0.05) is 42.5 Å². The van der Waals surface area contributed by atoms with Crippen LogP contribution in [0.25, 0.3) is 21.3 Å². The molecule has 4 rings (SSSR count). The molecule has 2 heterocycles. The Labute approximate surface area is 175 Å². The van der Waals surface area contributed by atoms with Crippen LogP contribution in [0, 0.1) is 0 Å². The van der Waals surface area contributed by atoms with Crippen LogP contribution in [0.5, 0.6) is 5.75 Å². The molecular formula is C23H24N4OS. The summed E-state index contributed by atoms with van der Waals surface area (Å²) in [6, 6.07) is 18.9. The molecule has 1 atom stereocenters. The average molecular weight is 405 g/mol. The molecule has 1 unspecified atom stereocenters. The van der Waals surface area contributed by atoms with Crippen LogP contribution < -0.4 is 10.1 Å². The van der Waals surface area contributed by atoms with Crippen molar-refractivity contribution in [3.63, 3.8) is 0 Å². The van der Waals surface area contributed by atoms with Crippen molar-refractivity contribution in [3.8, 4) is 16.9 Å². The van der Waals surface area contributed by atoms with Crippen LogP contribution in [-0.4, -0.2) is 42.6 Å². The second-order valence-electron chi connectivity index (χ2n) is 7.05. The number of methoxy groups -OCH3 is 1. The Morgan fingerprint density at radius 3 is 2.48 bits per heavy atom. The third-order valence-electron chi connectivity index (χ3n) is 5.04. The first-order valence-corrected chi connectivity index (χ1v) is 10.4. The van der Waals surface area contributed by atoms with Crippen molar-refractivity contribution < 1.29 is 4.74 Å². The predicted molar refractivity (Wildman–Crippen MR) is 121 cm³/mol. The van der Waals surface area contributed by atoms with Crippen molar-refractivity contribution in [1.82, 2.24) is 14.9 Å². The molecule has 5 nitrogen and oxygen atoms in total. The van der Waals surface area contributed by atoms with Gasteiger partial charge in [0.1, 0.15) is 22.7 Å². The molecule has 0 radical (unpaired) electrons. The highest BCUT2D eigenvalue weighted by Gasteiger charge is 2.17. The quantitative estimate of drug-likeness (QED) is 0.465. The molecule has 0 aliphatic heterocycles. The lowest BCUT2D eigenvalue weighted by atomic mass is 10.0. The lowest BCUT2D eigenvalue weighted by molar-refractivity contribution is 0.311. The van der Waals surface area contributed by atoms with Crippen molar-refractivity contribution in [2.24, 2.45) is 0 Å². The highest BCUT2D eigenvalue weighted by Crippen LogP contribution is 2.37. The number of fused-ring (bicyclic) bond motifs is 1. The molecule has 0 aliphatic carbocycles. The number of nitrogens with zero attached hydrogens (tertiary/aromatic N) is 3. The maximum atomic E-state index is 5.29. The predicted octanol–water partition coefficient (Wildman–Crippen LogP) is 5.08. The maximum absolute atomic E-state index is 5.29. The molecule has 2 aromatic carbocycles. The number of anilines is 1. The van der Waals surface area contributed by atoms with Gasteiger partial charge in [-0.2, -0.15) is 0 Å². The number of nitrogens with one attached hydrogen (secondary N) is 1. The van der Waals surface area contributed by atoms with Crippen LogP contribution >= 0.6 is 11.3 Å². The van der Waals surface area contributed by atoms with Crippen LogP contribution in [0.4, 0.5) is 5.82 Å². The summed E-state index contributed by atoms with van der Waals surface area (Å²) in [7, 11) is 5.88. The Morgan fingerprint density at radius 1 is 1.03 bits per heavy atom. The monoisotopic (exact) mass is 404 g/mol. The molecule has 0 amide bonds. The molecule has 6 heteroatoms. The summed E-state index contributed by atoms with van der Waals surface area (Å²) in [5, 5.41) is 6.78. The Bertz CT molecular complexity index is 1080. The molecule has 0 fully saturated rings. The van der Waals surface area contributed by atoms with E-state index in [9.17, 15) is 0 Å². The van der Waals surface area contributed by atoms with Gasteiger partial charge in [0.25, 0.3) is 0 Å². The van der Waals surface area contributed by atoms with E-state index < -0.39 is 0 Å². The van der Waals surface area contributed by atoms with Crippen LogP contribution in [0.2, 0.25) is 0 Å². The van der Waals surface area contributed by atoms with Gasteiger partial charge in [0.05, 0.1) is 18.5 Å². The van der Waals surface area contributed by atoms with E-state index in [0.29, 0.717) is 0 Å². The summed E-state index contributed by atoms with van der Waals surface area (Å²) < 4.78 is 5.29. The smallest absolute Gasteiger partial charge is 0.138 e. The first-order chi connectivity index (χ1) is 14.2. The number of ether oxygens (including phenoxy) is 1. The van der Waals surface area contributed by atoms with Gasteiger partial charge in [-0.3, -0.25) is 0 Å². The minimum absolute atomic E-state index is 0.240. The fourth-order valence-electron chi connectivity index (χ4n) is 3.46. The minimum atomic E-state index is 0.240. The molecule has 0 spiro atoms. The summed E-state index contributed by atoms with van der Waals surface area (Å²) in [6.45, 7) is 0.751. The van der Waals surface area contributed by atoms with Crippen molar-refractivity contribution in [3.05, 3.63) is 71.9 Å². The molecule has 4 aromatic rings. The molecule has 0 saturated heterocycles. The lowest BCUT2D eigenvalue weighted by Crippen LogP contribution is -2.27. The van der Waals surface area contributed by atoms with E-state index in [1.54, 1.807) is 24.8 Å². The molecule has 0 aliphatic rings. The van der Waals surface area contributed by atoms with E-state index in [2.05, 4.69) is 76.1 Å². The topological polar surface area (TPSA) is 50.3 Å². The normalized spacial score (nSPS) is 12.3. The third-order valence-corrected chi connectivity index (χ3v) is 5.93. The number of likely N-dealkylation sites (N-methyl/N-ethyl adjacent to an activating group) is 1. The van der Waals surface area contributed by atoms with E-state index in [0.717, 1.165) is 39.5 Å². The van der Waals surface area contributed by atoms with Gasteiger partial charge in [-0.15, -0.1) is 11.3 Å². The molecule has 29 heavy (non-hydrogen) atoms. The van der Waals surface area contributed by atoms with Crippen molar-refractivity contribution in [2.75, 3.05) is 33.1 Å². The summed E-state index contributed by atoms with van der Waals surface area (Å²) >= 11 is 1.64. The molecule has 148 valence electrons. The first-order valence-electron chi connectivity index (χ1n) is 9.49. The Morgan fingerprint density at radius 2 is 1.79 bits per heavy atom. The Balaban J connectivity index is 1.66. The third kappa shape index (κ3) is 4.09. The van der Waals surface area contributed by atoms with Gasteiger partial charge in [-0.25, -0.2) is 9.97 Å². The number of hydrogen-bond acceptors (Lipinski definition) is 6. The molecular weight excluding hydrogens is 380 g/mol. The van der Waals surface area contributed by atoms with Gasteiger partial charge < -0.3 is 15.0 Å². The zero-order valence-corrected chi connectivity index (χ0v) is 17.6. The van der Waals surface area contributed by atoms with Gasteiger partial charge in [0.15, 0.2) is 0 Å². The fourth-order valence-corrected chi connectivity index (χ4v) is 4.38. The van der Waals surface area contributed by atoms with Crippen molar-refractivity contribution in [1.29, 1.82) is 0 Å². The van der Waals surface area contributed by atoms with Crippen LogP contribution in [0.1, 0.15) is 11.6 Å². The van der Waals surface area contributed by atoms with E-state index in [1.807, 2.05) is 18.2 Å². The summed E-state index contributed by atoms with van der Waals surface area (Å²) in [5.41, 5.74) is 3.54. The van der Waals surface area contributed by atoms with Crippen molar-refractivity contribution in [2.45, 2.75) is 6.04 Å². The number of benzene rings is 2.